The van der Waals surface area contributed by atoms with Crippen molar-refractivity contribution in [2.45, 2.75) is 31.3 Å². The summed E-state index contributed by atoms with van der Waals surface area (Å²) < 4.78 is 6.06. The fourth-order valence-electron chi connectivity index (χ4n) is 1.12. The minimum Gasteiger partial charge on any atom is -0.479 e. The molecule has 0 fully saturated rings. The molecule has 0 bridgehead atoms. The van der Waals surface area contributed by atoms with Gasteiger partial charge >= 0.3 is 0 Å². The van der Waals surface area contributed by atoms with E-state index in [2.05, 4.69) is 6.92 Å². The van der Waals surface area contributed by atoms with Crippen LogP contribution in [-0.4, -0.2) is 46.5 Å². The topological polar surface area (TPSA) is 38.8 Å². The summed E-state index contributed by atoms with van der Waals surface area (Å²) in [5, 5.41) is 1.25. The summed E-state index contributed by atoms with van der Waals surface area (Å²) in [6.45, 7) is 4.58. The molecule has 106 valence electrons. The van der Waals surface area contributed by atoms with Gasteiger partial charge in [-0.2, -0.15) is 0 Å². The van der Waals surface area contributed by atoms with Crippen LogP contribution in [0.4, 0.5) is 0 Å². The summed E-state index contributed by atoms with van der Waals surface area (Å²) in [5.41, 5.74) is 0. The van der Waals surface area contributed by atoms with Crippen LogP contribution in [0.2, 0.25) is 0 Å². The fourth-order valence-corrected chi connectivity index (χ4v) is 4.01. The second kappa shape index (κ2) is 10.9. The number of thiocarbonyl (C=S) groups is 1. The van der Waals surface area contributed by atoms with Crippen LogP contribution in [0.25, 0.3) is 0 Å². The molecule has 7 heteroatoms. The lowest BCUT2D eigenvalue weighted by Gasteiger charge is -2.17. The van der Waals surface area contributed by atoms with Gasteiger partial charge in [-0.1, -0.05) is 18.7 Å². The second-order valence-electron chi connectivity index (χ2n) is 3.30. The van der Waals surface area contributed by atoms with Crippen molar-refractivity contribution in [1.29, 1.82) is 0 Å². The molecule has 4 nitrogen and oxygen atoms in total. The van der Waals surface area contributed by atoms with E-state index >= 15 is 0 Å². The Hall–Kier alpha value is 0.0200. The first-order chi connectivity index (χ1) is 8.54. The predicted octanol–water partition coefficient (Wildman–Crippen LogP) is 2.92. The van der Waals surface area contributed by atoms with Gasteiger partial charge < -0.3 is 4.74 Å². The third-order valence-corrected chi connectivity index (χ3v) is 4.91. The van der Waals surface area contributed by atoms with Crippen LogP contribution in [0.5, 0.6) is 0 Å². The second-order valence-corrected chi connectivity index (χ2v) is 6.88. The monoisotopic (exact) mass is 311 g/mol. The number of hydrogen-bond acceptors (Lipinski definition) is 6. The number of thioether (sulfide) groups is 2. The molecule has 0 aromatic heterocycles. The van der Waals surface area contributed by atoms with Gasteiger partial charge in [-0.3, -0.25) is 9.63 Å². The summed E-state index contributed by atoms with van der Waals surface area (Å²) in [7, 11) is 3.09. The zero-order valence-electron chi connectivity index (χ0n) is 11.3. The molecule has 0 heterocycles. The largest absolute Gasteiger partial charge is 0.479 e. The van der Waals surface area contributed by atoms with Crippen molar-refractivity contribution in [3.05, 3.63) is 0 Å². The average molecular weight is 311 g/mol. The van der Waals surface area contributed by atoms with Crippen LogP contribution in [0.15, 0.2) is 0 Å². The Labute approximate surface area is 123 Å². The molecule has 18 heavy (non-hydrogen) atoms. The number of carbonyl (C=O) groups is 1. The number of hydrogen-bond donors (Lipinski definition) is 0. The van der Waals surface area contributed by atoms with Crippen molar-refractivity contribution < 1.29 is 14.4 Å². The minimum absolute atomic E-state index is 0.0258. The zero-order valence-corrected chi connectivity index (χ0v) is 13.8. The van der Waals surface area contributed by atoms with Crippen LogP contribution in [0.1, 0.15) is 26.7 Å². The molecule has 0 radical (unpaired) electrons. The van der Waals surface area contributed by atoms with Crippen molar-refractivity contribution in [2.24, 2.45) is 0 Å². The van der Waals surface area contributed by atoms with E-state index in [1.54, 1.807) is 18.8 Å². The SMILES string of the molecule is CCOC(=S)SC(CCC(=O)N(C)OC)SCC. The molecule has 0 rings (SSSR count). The zero-order chi connectivity index (χ0) is 14.0. The van der Waals surface area contributed by atoms with Gasteiger partial charge in [0.25, 0.3) is 0 Å². The van der Waals surface area contributed by atoms with Gasteiger partial charge in [0.15, 0.2) is 0 Å². The molecular weight excluding hydrogens is 290 g/mol. The van der Waals surface area contributed by atoms with Crippen molar-refractivity contribution in [3.63, 3.8) is 0 Å². The van der Waals surface area contributed by atoms with Crippen LogP contribution in [0.3, 0.4) is 0 Å². The minimum atomic E-state index is -0.0258. The summed E-state index contributed by atoms with van der Waals surface area (Å²) in [4.78, 5) is 16.5. The van der Waals surface area contributed by atoms with Crippen LogP contribution < -0.4 is 0 Å². The molecule has 0 saturated heterocycles. The van der Waals surface area contributed by atoms with E-state index in [-0.39, 0.29) is 10.5 Å². The Bertz CT molecular complexity index is 264. The van der Waals surface area contributed by atoms with E-state index in [0.29, 0.717) is 17.4 Å². The Kier molecular flexibility index (Phi) is 10.9. The number of carbonyl (C=O) groups excluding carboxylic acids is 1. The summed E-state index contributed by atoms with van der Waals surface area (Å²) >= 11 is 8.40. The molecule has 0 N–H and O–H groups in total. The first kappa shape index (κ1) is 18.0. The number of nitrogens with zero attached hydrogens (tertiary/aromatic N) is 1. The maximum Gasteiger partial charge on any atom is 0.245 e. The lowest BCUT2D eigenvalue weighted by molar-refractivity contribution is -0.168. The highest BCUT2D eigenvalue weighted by molar-refractivity contribution is 8.30. The maximum absolute atomic E-state index is 11.6. The lowest BCUT2D eigenvalue weighted by atomic mass is 10.3. The van der Waals surface area contributed by atoms with Gasteiger partial charge in [-0.15, -0.1) is 11.8 Å². The smallest absolute Gasteiger partial charge is 0.245 e. The average Bonchev–Trinajstić information content (AvgIpc) is 2.35. The molecule has 1 amide bonds. The fraction of sp³-hybridized carbons (Fsp3) is 0.818. The molecule has 0 aromatic carbocycles. The van der Waals surface area contributed by atoms with Gasteiger partial charge in [-0.25, -0.2) is 5.06 Å². The molecule has 0 saturated carbocycles. The number of rotatable bonds is 8. The third kappa shape index (κ3) is 8.18. The quantitative estimate of drug-likeness (QED) is 0.390. The molecular formula is C11H21NO3S3. The van der Waals surface area contributed by atoms with Gasteiger partial charge in [0.2, 0.25) is 10.3 Å². The van der Waals surface area contributed by atoms with Crippen molar-refractivity contribution in [3.8, 4) is 0 Å². The summed E-state index contributed by atoms with van der Waals surface area (Å²) in [5.74, 6) is 0.961. The number of ether oxygens (including phenoxy) is 1. The first-order valence-electron chi connectivity index (χ1n) is 5.80. The van der Waals surface area contributed by atoms with Gasteiger partial charge in [0, 0.05) is 13.5 Å². The van der Waals surface area contributed by atoms with Crippen LogP contribution in [0, 0.1) is 0 Å². The van der Waals surface area contributed by atoms with E-state index in [1.807, 2.05) is 6.92 Å². The Morgan fingerprint density at radius 1 is 1.44 bits per heavy atom. The summed E-state index contributed by atoms with van der Waals surface area (Å²) in [6.07, 6.45) is 1.20. The van der Waals surface area contributed by atoms with E-state index < -0.39 is 0 Å². The first-order valence-corrected chi connectivity index (χ1v) is 8.14. The Balaban J connectivity index is 4.11. The Morgan fingerprint density at radius 2 is 2.11 bits per heavy atom. The van der Waals surface area contributed by atoms with E-state index in [9.17, 15) is 4.79 Å². The number of amides is 1. The van der Waals surface area contributed by atoms with Gasteiger partial charge in [0.05, 0.1) is 18.3 Å². The van der Waals surface area contributed by atoms with Crippen LogP contribution in [-0.2, 0) is 14.4 Å². The normalized spacial score (nSPS) is 12.0. The molecule has 1 unspecified atom stereocenters. The van der Waals surface area contributed by atoms with Crippen molar-refractivity contribution >= 4 is 46.0 Å². The summed E-state index contributed by atoms with van der Waals surface area (Å²) in [6, 6.07) is 0. The molecule has 0 aliphatic carbocycles. The predicted molar refractivity (Wildman–Crippen MR) is 82.7 cm³/mol. The Morgan fingerprint density at radius 3 is 2.61 bits per heavy atom. The van der Waals surface area contributed by atoms with Crippen LogP contribution >= 0.6 is 35.7 Å². The highest BCUT2D eigenvalue weighted by Gasteiger charge is 2.16. The molecule has 0 spiro atoms. The highest BCUT2D eigenvalue weighted by Crippen LogP contribution is 2.29. The van der Waals surface area contributed by atoms with Crippen molar-refractivity contribution in [2.75, 3.05) is 26.5 Å². The molecule has 0 aliphatic heterocycles. The van der Waals surface area contributed by atoms with Crippen molar-refractivity contribution in [1.82, 2.24) is 5.06 Å². The van der Waals surface area contributed by atoms with E-state index in [4.69, 9.17) is 21.8 Å². The standard InChI is InChI=1S/C11H21NO3S3/c1-5-15-11(16)18-10(17-6-2)8-7-9(13)12(3)14-4/h10H,5-8H2,1-4H3. The highest BCUT2D eigenvalue weighted by atomic mass is 32.2. The molecule has 0 aliphatic rings. The maximum atomic E-state index is 11.6. The van der Waals surface area contributed by atoms with Gasteiger partial charge in [0.1, 0.15) is 0 Å². The lowest BCUT2D eigenvalue weighted by Crippen LogP contribution is -2.25. The third-order valence-electron chi connectivity index (χ3n) is 2.06. The molecule has 1 atom stereocenters. The number of hydroxylamine groups is 2. The molecule has 0 aromatic rings. The van der Waals surface area contributed by atoms with E-state index in [1.165, 1.54) is 23.9 Å². The van der Waals surface area contributed by atoms with Gasteiger partial charge in [-0.05, 0) is 31.3 Å². The van der Waals surface area contributed by atoms with E-state index in [0.717, 1.165) is 12.2 Å².